The highest BCUT2D eigenvalue weighted by Crippen LogP contribution is 2.17. The molecular formula is C15H13N3O3. The van der Waals surface area contributed by atoms with Crippen LogP contribution in [0.5, 0.6) is 5.75 Å². The standard InChI is InChI=1S/C15H13N3O3/c16-9-10-21-15-7-3-13(4-8-15)17-11-12-1-5-14(6-2-12)18(19)20/h1-8,17H,10-11H2. The van der Waals surface area contributed by atoms with Gasteiger partial charge in [-0.2, -0.15) is 5.26 Å². The molecule has 0 amide bonds. The lowest BCUT2D eigenvalue weighted by molar-refractivity contribution is -0.384. The minimum atomic E-state index is -0.419. The summed E-state index contributed by atoms with van der Waals surface area (Å²) in [5.74, 6) is 0.637. The van der Waals surface area contributed by atoms with Crippen LogP contribution in [-0.2, 0) is 6.54 Å². The number of hydrogen-bond acceptors (Lipinski definition) is 5. The molecule has 6 heteroatoms. The van der Waals surface area contributed by atoms with Crippen molar-refractivity contribution in [3.8, 4) is 11.8 Å². The maximum atomic E-state index is 10.6. The summed E-state index contributed by atoms with van der Waals surface area (Å²) in [7, 11) is 0. The number of ether oxygens (including phenoxy) is 1. The number of anilines is 1. The summed E-state index contributed by atoms with van der Waals surface area (Å²) in [5, 5.41) is 22.2. The summed E-state index contributed by atoms with van der Waals surface area (Å²) < 4.78 is 5.16. The zero-order valence-corrected chi connectivity index (χ0v) is 11.2. The van der Waals surface area contributed by atoms with E-state index >= 15 is 0 Å². The molecule has 0 unspecified atom stereocenters. The van der Waals surface area contributed by atoms with Crippen molar-refractivity contribution in [1.29, 1.82) is 5.26 Å². The van der Waals surface area contributed by atoms with Gasteiger partial charge in [0.2, 0.25) is 0 Å². The highest BCUT2D eigenvalue weighted by atomic mass is 16.6. The number of nitrogens with zero attached hydrogens (tertiary/aromatic N) is 2. The Morgan fingerprint density at radius 2 is 1.81 bits per heavy atom. The zero-order chi connectivity index (χ0) is 15.1. The van der Waals surface area contributed by atoms with Gasteiger partial charge in [-0.15, -0.1) is 0 Å². The molecule has 0 aromatic heterocycles. The number of non-ortho nitro benzene ring substituents is 1. The van der Waals surface area contributed by atoms with Crippen LogP contribution in [-0.4, -0.2) is 11.5 Å². The summed E-state index contributed by atoms with van der Waals surface area (Å²) in [6, 6.07) is 15.5. The lowest BCUT2D eigenvalue weighted by atomic mass is 10.2. The van der Waals surface area contributed by atoms with Gasteiger partial charge in [0.15, 0.2) is 6.61 Å². The fourth-order valence-electron chi connectivity index (χ4n) is 1.72. The highest BCUT2D eigenvalue weighted by Gasteiger charge is 2.03. The van der Waals surface area contributed by atoms with Crippen molar-refractivity contribution in [3.63, 3.8) is 0 Å². The Hall–Kier alpha value is -3.07. The molecule has 0 aliphatic rings. The minimum absolute atomic E-state index is 0.0234. The maximum absolute atomic E-state index is 10.6. The van der Waals surface area contributed by atoms with Crippen LogP contribution in [0.4, 0.5) is 11.4 Å². The summed E-state index contributed by atoms with van der Waals surface area (Å²) in [6.07, 6.45) is 0. The lowest BCUT2D eigenvalue weighted by Crippen LogP contribution is -2.00. The molecule has 21 heavy (non-hydrogen) atoms. The summed E-state index contributed by atoms with van der Waals surface area (Å²) >= 11 is 0. The number of nitro groups is 1. The molecule has 0 saturated heterocycles. The van der Waals surface area contributed by atoms with E-state index in [1.54, 1.807) is 24.3 Å². The van der Waals surface area contributed by atoms with Crippen molar-refractivity contribution >= 4 is 11.4 Å². The third-order valence-electron chi connectivity index (χ3n) is 2.80. The van der Waals surface area contributed by atoms with Crippen molar-refractivity contribution < 1.29 is 9.66 Å². The van der Waals surface area contributed by atoms with Gasteiger partial charge in [-0.3, -0.25) is 10.1 Å². The molecule has 0 saturated carbocycles. The second-order valence-corrected chi connectivity index (χ2v) is 4.25. The zero-order valence-electron chi connectivity index (χ0n) is 11.2. The van der Waals surface area contributed by atoms with Crippen LogP contribution < -0.4 is 10.1 Å². The number of nitro benzene ring substituents is 1. The Labute approximate surface area is 121 Å². The Balaban J connectivity index is 1.90. The van der Waals surface area contributed by atoms with Gasteiger partial charge in [-0.25, -0.2) is 0 Å². The third kappa shape index (κ3) is 4.21. The molecule has 0 aliphatic carbocycles. The lowest BCUT2D eigenvalue weighted by Gasteiger charge is -2.07. The topological polar surface area (TPSA) is 88.2 Å². The predicted molar refractivity (Wildman–Crippen MR) is 78.0 cm³/mol. The van der Waals surface area contributed by atoms with Crippen LogP contribution in [0.15, 0.2) is 48.5 Å². The van der Waals surface area contributed by atoms with E-state index in [4.69, 9.17) is 10.00 Å². The molecule has 1 N–H and O–H groups in total. The second-order valence-electron chi connectivity index (χ2n) is 4.25. The number of rotatable bonds is 6. The average Bonchev–Trinajstić information content (AvgIpc) is 2.52. The van der Waals surface area contributed by atoms with E-state index in [1.165, 1.54) is 12.1 Å². The van der Waals surface area contributed by atoms with Crippen LogP contribution in [0.3, 0.4) is 0 Å². The van der Waals surface area contributed by atoms with E-state index in [1.807, 2.05) is 18.2 Å². The molecule has 2 rings (SSSR count). The number of benzene rings is 2. The molecule has 0 bridgehead atoms. The first kappa shape index (κ1) is 14.3. The number of nitriles is 1. The van der Waals surface area contributed by atoms with Gasteiger partial charge in [0, 0.05) is 24.4 Å². The third-order valence-corrected chi connectivity index (χ3v) is 2.80. The van der Waals surface area contributed by atoms with Gasteiger partial charge in [0.05, 0.1) is 4.92 Å². The van der Waals surface area contributed by atoms with Crippen molar-refractivity contribution in [2.45, 2.75) is 6.54 Å². The molecule has 0 radical (unpaired) electrons. The molecule has 0 aliphatic heterocycles. The van der Waals surface area contributed by atoms with Gasteiger partial charge >= 0.3 is 0 Å². The molecule has 0 heterocycles. The summed E-state index contributed by atoms with van der Waals surface area (Å²) in [4.78, 5) is 10.1. The fraction of sp³-hybridized carbons (Fsp3) is 0.133. The van der Waals surface area contributed by atoms with Gasteiger partial charge in [0.1, 0.15) is 11.8 Å². The van der Waals surface area contributed by atoms with E-state index in [2.05, 4.69) is 5.32 Å². The monoisotopic (exact) mass is 283 g/mol. The van der Waals surface area contributed by atoms with Gasteiger partial charge in [0.25, 0.3) is 5.69 Å². The Morgan fingerprint density at radius 3 is 2.38 bits per heavy atom. The van der Waals surface area contributed by atoms with Crippen molar-refractivity contribution in [2.24, 2.45) is 0 Å². The second kappa shape index (κ2) is 6.91. The normalized spacial score (nSPS) is 9.67. The van der Waals surface area contributed by atoms with Gasteiger partial charge in [-0.05, 0) is 29.8 Å². The van der Waals surface area contributed by atoms with Crippen LogP contribution in [0.2, 0.25) is 0 Å². The van der Waals surface area contributed by atoms with Crippen molar-refractivity contribution in [3.05, 3.63) is 64.2 Å². The first-order valence-electron chi connectivity index (χ1n) is 6.26. The van der Waals surface area contributed by atoms with Crippen LogP contribution >= 0.6 is 0 Å². The predicted octanol–water partition coefficient (Wildman–Crippen LogP) is 3.11. The van der Waals surface area contributed by atoms with Crippen molar-refractivity contribution in [2.75, 3.05) is 11.9 Å². The maximum Gasteiger partial charge on any atom is 0.269 e. The Bertz CT molecular complexity index is 645. The Morgan fingerprint density at radius 1 is 1.14 bits per heavy atom. The van der Waals surface area contributed by atoms with Gasteiger partial charge in [-0.1, -0.05) is 12.1 Å². The molecule has 0 atom stereocenters. The first-order chi connectivity index (χ1) is 10.2. The van der Waals surface area contributed by atoms with E-state index in [-0.39, 0.29) is 12.3 Å². The summed E-state index contributed by atoms with van der Waals surface area (Å²) in [5.41, 5.74) is 1.93. The molecule has 2 aromatic carbocycles. The summed E-state index contributed by atoms with van der Waals surface area (Å²) in [6.45, 7) is 0.589. The van der Waals surface area contributed by atoms with Crippen LogP contribution in [0.25, 0.3) is 0 Å². The number of nitrogens with one attached hydrogen (secondary N) is 1. The molecule has 106 valence electrons. The van der Waals surface area contributed by atoms with Crippen molar-refractivity contribution in [1.82, 2.24) is 0 Å². The molecule has 2 aromatic rings. The SMILES string of the molecule is N#CCOc1ccc(NCc2ccc([N+](=O)[O-])cc2)cc1. The van der Waals surface area contributed by atoms with Gasteiger partial charge < -0.3 is 10.1 Å². The average molecular weight is 283 g/mol. The molecule has 0 fully saturated rings. The molecule has 6 nitrogen and oxygen atoms in total. The molecular weight excluding hydrogens is 270 g/mol. The fourth-order valence-corrected chi connectivity index (χ4v) is 1.72. The Kier molecular flexibility index (Phi) is 4.72. The largest absolute Gasteiger partial charge is 0.479 e. The molecule has 0 spiro atoms. The van der Waals surface area contributed by atoms with Crippen LogP contribution in [0.1, 0.15) is 5.56 Å². The minimum Gasteiger partial charge on any atom is -0.479 e. The van der Waals surface area contributed by atoms with E-state index < -0.39 is 4.92 Å². The van der Waals surface area contributed by atoms with E-state index in [0.717, 1.165) is 11.3 Å². The highest BCUT2D eigenvalue weighted by molar-refractivity contribution is 5.47. The number of hydrogen-bond donors (Lipinski definition) is 1. The van der Waals surface area contributed by atoms with E-state index in [0.29, 0.717) is 12.3 Å². The quantitative estimate of drug-likeness (QED) is 0.650. The smallest absolute Gasteiger partial charge is 0.269 e. The first-order valence-corrected chi connectivity index (χ1v) is 6.26. The van der Waals surface area contributed by atoms with Crippen LogP contribution in [0, 0.1) is 21.4 Å². The van der Waals surface area contributed by atoms with E-state index in [9.17, 15) is 10.1 Å².